The van der Waals surface area contributed by atoms with E-state index in [1.54, 1.807) is 4.90 Å². The maximum Gasteiger partial charge on any atom is 0.275 e. The van der Waals surface area contributed by atoms with Crippen LogP contribution in [0.25, 0.3) is 0 Å². The van der Waals surface area contributed by atoms with E-state index in [0.29, 0.717) is 12.2 Å². The molecule has 1 fully saturated rings. The quantitative estimate of drug-likeness (QED) is 0.754. The smallest absolute Gasteiger partial charge is 0.275 e. The summed E-state index contributed by atoms with van der Waals surface area (Å²) in [5.74, 6) is -0.0355. The highest BCUT2D eigenvalue weighted by Crippen LogP contribution is 2.18. The van der Waals surface area contributed by atoms with Crippen LogP contribution in [-0.4, -0.2) is 38.7 Å². The van der Waals surface area contributed by atoms with E-state index in [4.69, 9.17) is 5.73 Å². The Morgan fingerprint density at radius 2 is 2.64 bits per heavy atom. The minimum atomic E-state index is -0.0355. The van der Waals surface area contributed by atoms with Gasteiger partial charge in [-0.15, -0.1) is 0 Å². The zero-order chi connectivity index (χ0) is 9.97. The molecule has 0 saturated carbocycles. The zero-order valence-electron chi connectivity index (χ0n) is 7.72. The molecule has 0 aliphatic carbocycles. The number of aromatic nitrogens is 2. The molecule has 14 heavy (non-hydrogen) atoms. The fourth-order valence-corrected chi connectivity index (χ4v) is 2.16. The van der Waals surface area contributed by atoms with Gasteiger partial charge in [-0.2, -0.15) is 8.75 Å². The standard InChI is InChI=1S/C8H12N4OS/c9-4-6-2-1-3-12(6)8(13)7-5-10-14-11-7/h5-6H,1-4,9H2. The number of carbonyl (C=O) groups excluding carboxylic acids is 1. The van der Waals surface area contributed by atoms with Crippen LogP contribution in [0, 0.1) is 0 Å². The molecule has 0 spiro atoms. The largest absolute Gasteiger partial charge is 0.333 e. The van der Waals surface area contributed by atoms with Crippen LogP contribution < -0.4 is 5.73 Å². The Balaban J connectivity index is 2.11. The molecule has 76 valence electrons. The number of amides is 1. The Morgan fingerprint density at radius 1 is 1.79 bits per heavy atom. The van der Waals surface area contributed by atoms with E-state index in [1.807, 2.05) is 0 Å². The lowest BCUT2D eigenvalue weighted by Crippen LogP contribution is -2.40. The molecular weight excluding hydrogens is 200 g/mol. The number of nitrogens with two attached hydrogens (primary N) is 1. The third kappa shape index (κ3) is 1.62. The second kappa shape index (κ2) is 4.02. The van der Waals surface area contributed by atoms with Crippen LogP contribution in [0.2, 0.25) is 0 Å². The lowest BCUT2D eigenvalue weighted by molar-refractivity contribution is 0.0736. The molecule has 0 radical (unpaired) electrons. The maximum atomic E-state index is 11.9. The van der Waals surface area contributed by atoms with Crippen LogP contribution in [-0.2, 0) is 0 Å². The molecule has 1 atom stereocenters. The van der Waals surface area contributed by atoms with E-state index in [9.17, 15) is 4.79 Å². The van der Waals surface area contributed by atoms with E-state index in [-0.39, 0.29) is 11.9 Å². The first-order chi connectivity index (χ1) is 6.83. The summed E-state index contributed by atoms with van der Waals surface area (Å²) in [4.78, 5) is 13.7. The highest BCUT2D eigenvalue weighted by atomic mass is 32.1. The van der Waals surface area contributed by atoms with Gasteiger partial charge in [-0.3, -0.25) is 4.79 Å². The van der Waals surface area contributed by atoms with E-state index >= 15 is 0 Å². The molecule has 5 nitrogen and oxygen atoms in total. The minimum absolute atomic E-state index is 0.0355. The van der Waals surface area contributed by atoms with E-state index in [2.05, 4.69) is 8.75 Å². The molecule has 1 aliphatic heterocycles. The number of nitrogens with zero attached hydrogens (tertiary/aromatic N) is 3. The van der Waals surface area contributed by atoms with Crippen LogP contribution in [0.4, 0.5) is 0 Å². The normalized spacial score (nSPS) is 21.5. The summed E-state index contributed by atoms with van der Waals surface area (Å²) < 4.78 is 7.75. The molecule has 6 heteroatoms. The van der Waals surface area contributed by atoms with Crippen molar-refractivity contribution >= 4 is 17.6 Å². The molecular formula is C8H12N4OS. The van der Waals surface area contributed by atoms with Crippen molar-refractivity contribution in [2.45, 2.75) is 18.9 Å². The van der Waals surface area contributed by atoms with Crippen molar-refractivity contribution in [3.05, 3.63) is 11.9 Å². The van der Waals surface area contributed by atoms with Crippen LogP contribution in [0.3, 0.4) is 0 Å². The lowest BCUT2D eigenvalue weighted by Gasteiger charge is -2.22. The summed E-state index contributed by atoms with van der Waals surface area (Å²) in [6.45, 7) is 1.32. The zero-order valence-corrected chi connectivity index (χ0v) is 8.54. The summed E-state index contributed by atoms with van der Waals surface area (Å²) >= 11 is 1.06. The Kier molecular flexibility index (Phi) is 2.74. The van der Waals surface area contributed by atoms with Crippen molar-refractivity contribution in [3.8, 4) is 0 Å². The van der Waals surface area contributed by atoms with Gasteiger partial charge in [-0.25, -0.2) is 0 Å². The number of hydrogen-bond acceptors (Lipinski definition) is 5. The highest BCUT2D eigenvalue weighted by molar-refractivity contribution is 6.99. The molecule has 1 aromatic heterocycles. The second-order valence-corrected chi connectivity index (χ2v) is 3.88. The first kappa shape index (κ1) is 9.54. The second-order valence-electron chi connectivity index (χ2n) is 3.32. The molecule has 1 aliphatic rings. The molecule has 1 aromatic rings. The Bertz CT molecular complexity index is 313. The lowest BCUT2D eigenvalue weighted by atomic mass is 10.2. The number of likely N-dealkylation sites (tertiary alicyclic amines) is 1. The fraction of sp³-hybridized carbons (Fsp3) is 0.625. The van der Waals surface area contributed by atoms with E-state index in [1.165, 1.54) is 6.20 Å². The van der Waals surface area contributed by atoms with Gasteiger partial charge in [0, 0.05) is 19.1 Å². The van der Waals surface area contributed by atoms with Gasteiger partial charge < -0.3 is 10.6 Å². The van der Waals surface area contributed by atoms with Crippen molar-refractivity contribution in [2.75, 3.05) is 13.1 Å². The predicted octanol–water partition coefficient (Wildman–Crippen LogP) is 0.101. The summed E-state index contributed by atoms with van der Waals surface area (Å²) in [7, 11) is 0. The topological polar surface area (TPSA) is 72.1 Å². The minimum Gasteiger partial charge on any atom is -0.333 e. The molecule has 2 heterocycles. The predicted molar refractivity (Wildman–Crippen MR) is 53.0 cm³/mol. The third-order valence-corrected chi connectivity index (χ3v) is 2.97. The Morgan fingerprint density at radius 3 is 3.29 bits per heavy atom. The summed E-state index contributed by atoms with van der Waals surface area (Å²) in [6, 6.07) is 0.184. The first-order valence-electron chi connectivity index (χ1n) is 4.61. The highest BCUT2D eigenvalue weighted by Gasteiger charge is 2.29. The SMILES string of the molecule is NCC1CCCN1C(=O)c1cnsn1. The molecule has 1 amide bonds. The molecule has 0 bridgehead atoms. The summed E-state index contributed by atoms with van der Waals surface area (Å²) in [6.07, 6.45) is 3.55. The van der Waals surface area contributed by atoms with Crippen molar-refractivity contribution in [3.63, 3.8) is 0 Å². The van der Waals surface area contributed by atoms with Crippen molar-refractivity contribution in [1.82, 2.24) is 13.6 Å². The number of carbonyl (C=O) groups is 1. The molecule has 2 N–H and O–H groups in total. The number of rotatable bonds is 2. The monoisotopic (exact) mass is 212 g/mol. The molecule has 1 saturated heterocycles. The van der Waals surface area contributed by atoms with Crippen molar-refractivity contribution in [2.24, 2.45) is 5.73 Å². The van der Waals surface area contributed by atoms with Gasteiger partial charge in [-0.05, 0) is 12.8 Å². The Hall–Kier alpha value is -1.01. The molecule has 2 rings (SSSR count). The number of hydrogen-bond donors (Lipinski definition) is 1. The first-order valence-corrected chi connectivity index (χ1v) is 5.34. The van der Waals surface area contributed by atoms with Gasteiger partial charge in [0.15, 0.2) is 5.69 Å². The van der Waals surface area contributed by atoms with Crippen molar-refractivity contribution < 1.29 is 4.79 Å². The maximum absolute atomic E-state index is 11.9. The van der Waals surface area contributed by atoms with Gasteiger partial charge in [0.25, 0.3) is 5.91 Å². The van der Waals surface area contributed by atoms with E-state index < -0.39 is 0 Å². The average molecular weight is 212 g/mol. The van der Waals surface area contributed by atoms with Crippen LogP contribution in [0.5, 0.6) is 0 Å². The fourth-order valence-electron chi connectivity index (χ4n) is 1.75. The summed E-state index contributed by atoms with van der Waals surface area (Å²) in [5.41, 5.74) is 6.03. The van der Waals surface area contributed by atoms with Gasteiger partial charge >= 0.3 is 0 Å². The summed E-state index contributed by atoms with van der Waals surface area (Å²) in [5, 5.41) is 0. The van der Waals surface area contributed by atoms with Gasteiger partial charge in [0.2, 0.25) is 0 Å². The van der Waals surface area contributed by atoms with Gasteiger partial charge in [0.1, 0.15) is 0 Å². The molecule has 0 aromatic carbocycles. The van der Waals surface area contributed by atoms with Crippen LogP contribution in [0.15, 0.2) is 6.20 Å². The Labute approximate surface area is 86.2 Å². The van der Waals surface area contributed by atoms with Gasteiger partial charge in [-0.1, -0.05) is 0 Å². The van der Waals surface area contributed by atoms with Gasteiger partial charge in [0.05, 0.1) is 17.9 Å². The molecule has 1 unspecified atom stereocenters. The van der Waals surface area contributed by atoms with E-state index in [0.717, 1.165) is 31.1 Å². The van der Waals surface area contributed by atoms with Crippen molar-refractivity contribution in [1.29, 1.82) is 0 Å². The van der Waals surface area contributed by atoms with Crippen LogP contribution >= 0.6 is 11.7 Å². The average Bonchev–Trinajstić information content (AvgIpc) is 2.87. The van der Waals surface area contributed by atoms with Crippen LogP contribution in [0.1, 0.15) is 23.3 Å². The third-order valence-electron chi connectivity index (χ3n) is 2.49.